The van der Waals surface area contributed by atoms with Crippen molar-refractivity contribution in [2.45, 2.75) is 58.3 Å². The fourth-order valence-electron chi connectivity index (χ4n) is 2.92. The van der Waals surface area contributed by atoms with Gasteiger partial charge in [-0.3, -0.25) is 4.99 Å². The van der Waals surface area contributed by atoms with Gasteiger partial charge < -0.3 is 10.6 Å². The minimum atomic E-state index is -3.08. The number of hydrogen-bond acceptors (Lipinski definition) is 3. The quantitative estimate of drug-likeness (QED) is 0.197. The standard InChI is InChI=1S/C16H34N4O2S.HI/c1-3-23(21,22)20-14-8-13-19-16(17-2)18-12-7-11-15-9-5-4-6-10-15;/h15,20H,3-14H2,1-2H3,(H2,17,18,19);1H. The highest BCUT2D eigenvalue weighted by atomic mass is 127. The predicted molar refractivity (Wildman–Crippen MR) is 113 cm³/mol. The molecule has 144 valence electrons. The Hall–Kier alpha value is -0.0900. The van der Waals surface area contributed by atoms with E-state index in [1.54, 1.807) is 14.0 Å². The number of halogens is 1. The van der Waals surface area contributed by atoms with Gasteiger partial charge >= 0.3 is 0 Å². The normalized spacial score (nSPS) is 16.5. The molecule has 1 aliphatic carbocycles. The smallest absolute Gasteiger partial charge is 0.211 e. The Morgan fingerprint density at radius 3 is 2.25 bits per heavy atom. The highest BCUT2D eigenvalue weighted by Gasteiger charge is 2.12. The van der Waals surface area contributed by atoms with E-state index in [0.717, 1.165) is 24.8 Å². The first kappa shape index (κ1) is 23.9. The second kappa shape index (κ2) is 14.1. The molecule has 8 heteroatoms. The van der Waals surface area contributed by atoms with Gasteiger partial charge in [0.05, 0.1) is 5.75 Å². The van der Waals surface area contributed by atoms with Gasteiger partial charge in [0.1, 0.15) is 0 Å². The van der Waals surface area contributed by atoms with Gasteiger partial charge in [-0.1, -0.05) is 32.1 Å². The molecule has 0 aromatic heterocycles. The SMILES string of the molecule is CCS(=O)(=O)NCCCNC(=NC)NCCCC1CCCCC1.I. The highest BCUT2D eigenvalue weighted by molar-refractivity contribution is 14.0. The van der Waals surface area contributed by atoms with Crippen LogP contribution in [0.25, 0.3) is 0 Å². The van der Waals surface area contributed by atoms with Crippen molar-refractivity contribution in [1.82, 2.24) is 15.4 Å². The molecule has 0 unspecified atom stereocenters. The number of guanidine groups is 1. The van der Waals surface area contributed by atoms with Crippen LogP contribution in [0.2, 0.25) is 0 Å². The lowest BCUT2D eigenvalue weighted by atomic mass is 9.86. The molecule has 0 atom stereocenters. The van der Waals surface area contributed by atoms with Crippen molar-refractivity contribution < 1.29 is 8.42 Å². The Balaban J connectivity index is 0.00000529. The molecule has 0 saturated heterocycles. The maximum absolute atomic E-state index is 11.3. The fourth-order valence-corrected chi connectivity index (χ4v) is 3.58. The molecular formula is C16H35IN4O2S. The minimum absolute atomic E-state index is 0. The molecule has 1 fully saturated rings. The van der Waals surface area contributed by atoms with Crippen LogP contribution in [0.5, 0.6) is 0 Å². The Bertz CT molecular complexity index is 437. The third kappa shape index (κ3) is 11.5. The zero-order valence-electron chi connectivity index (χ0n) is 15.1. The Morgan fingerprint density at radius 2 is 1.67 bits per heavy atom. The number of rotatable bonds is 10. The number of aliphatic imine (C=N–C) groups is 1. The molecule has 0 bridgehead atoms. The van der Waals surface area contributed by atoms with Crippen molar-refractivity contribution in [3.8, 4) is 0 Å². The van der Waals surface area contributed by atoms with Gasteiger partial charge in [-0.25, -0.2) is 13.1 Å². The zero-order valence-corrected chi connectivity index (χ0v) is 18.3. The van der Waals surface area contributed by atoms with Crippen LogP contribution in [-0.2, 0) is 10.0 Å². The molecule has 0 amide bonds. The van der Waals surface area contributed by atoms with Crippen molar-refractivity contribution in [3.05, 3.63) is 0 Å². The summed E-state index contributed by atoms with van der Waals surface area (Å²) in [5, 5.41) is 6.54. The van der Waals surface area contributed by atoms with E-state index < -0.39 is 10.0 Å². The molecule has 1 aliphatic rings. The predicted octanol–water partition coefficient (Wildman–Crippen LogP) is 2.46. The molecule has 0 aliphatic heterocycles. The third-order valence-electron chi connectivity index (χ3n) is 4.38. The first-order valence-electron chi connectivity index (χ1n) is 8.99. The van der Waals surface area contributed by atoms with Crippen LogP contribution >= 0.6 is 24.0 Å². The molecule has 0 aromatic carbocycles. The summed E-state index contributed by atoms with van der Waals surface area (Å²) >= 11 is 0. The van der Waals surface area contributed by atoms with Crippen LogP contribution in [0.4, 0.5) is 0 Å². The number of hydrogen-bond donors (Lipinski definition) is 3. The number of nitrogens with zero attached hydrogens (tertiary/aromatic N) is 1. The van der Waals surface area contributed by atoms with Gasteiger partial charge in [-0.2, -0.15) is 0 Å². The number of nitrogens with one attached hydrogen (secondary N) is 3. The topological polar surface area (TPSA) is 82.6 Å². The van der Waals surface area contributed by atoms with E-state index in [-0.39, 0.29) is 29.7 Å². The van der Waals surface area contributed by atoms with Crippen LogP contribution in [0, 0.1) is 5.92 Å². The second-order valence-electron chi connectivity index (χ2n) is 6.22. The van der Waals surface area contributed by atoms with Gasteiger partial charge in [0.2, 0.25) is 10.0 Å². The summed E-state index contributed by atoms with van der Waals surface area (Å²) in [7, 11) is -1.32. The van der Waals surface area contributed by atoms with E-state index in [1.165, 1.54) is 44.9 Å². The molecule has 6 nitrogen and oxygen atoms in total. The van der Waals surface area contributed by atoms with Gasteiger partial charge in [0, 0.05) is 26.7 Å². The average molecular weight is 474 g/mol. The molecule has 24 heavy (non-hydrogen) atoms. The summed E-state index contributed by atoms with van der Waals surface area (Å²) in [4.78, 5) is 4.19. The molecule has 0 aromatic rings. The molecule has 1 saturated carbocycles. The first-order valence-corrected chi connectivity index (χ1v) is 10.6. The van der Waals surface area contributed by atoms with E-state index >= 15 is 0 Å². The van der Waals surface area contributed by atoms with Crippen molar-refractivity contribution in [2.75, 3.05) is 32.4 Å². The molecule has 0 heterocycles. The Morgan fingerprint density at radius 1 is 1.04 bits per heavy atom. The summed E-state index contributed by atoms with van der Waals surface area (Å²) < 4.78 is 25.1. The van der Waals surface area contributed by atoms with E-state index in [1.807, 2.05) is 0 Å². The van der Waals surface area contributed by atoms with Gasteiger partial charge in [-0.05, 0) is 32.1 Å². The van der Waals surface area contributed by atoms with Crippen LogP contribution in [0.15, 0.2) is 4.99 Å². The maximum atomic E-state index is 11.3. The Labute approximate surface area is 165 Å². The van der Waals surface area contributed by atoms with E-state index in [0.29, 0.717) is 13.1 Å². The van der Waals surface area contributed by atoms with E-state index in [9.17, 15) is 8.42 Å². The van der Waals surface area contributed by atoms with Gasteiger partial charge in [-0.15, -0.1) is 24.0 Å². The van der Waals surface area contributed by atoms with Gasteiger partial charge in [0.15, 0.2) is 5.96 Å². The van der Waals surface area contributed by atoms with Crippen LogP contribution in [0.3, 0.4) is 0 Å². The third-order valence-corrected chi connectivity index (χ3v) is 5.78. The Kier molecular flexibility index (Phi) is 14.1. The van der Waals surface area contributed by atoms with E-state index in [2.05, 4.69) is 20.3 Å². The molecular weight excluding hydrogens is 439 g/mol. The van der Waals surface area contributed by atoms with Gasteiger partial charge in [0.25, 0.3) is 0 Å². The van der Waals surface area contributed by atoms with Crippen molar-refractivity contribution in [3.63, 3.8) is 0 Å². The van der Waals surface area contributed by atoms with E-state index in [4.69, 9.17) is 0 Å². The zero-order chi connectivity index (χ0) is 17.0. The summed E-state index contributed by atoms with van der Waals surface area (Å²) in [6.45, 7) is 3.74. The average Bonchev–Trinajstić information content (AvgIpc) is 2.57. The van der Waals surface area contributed by atoms with Crippen molar-refractivity contribution >= 4 is 40.0 Å². The maximum Gasteiger partial charge on any atom is 0.211 e. The van der Waals surface area contributed by atoms with Crippen LogP contribution in [0.1, 0.15) is 58.3 Å². The van der Waals surface area contributed by atoms with Crippen molar-refractivity contribution in [2.24, 2.45) is 10.9 Å². The van der Waals surface area contributed by atoms with Crippen LogP contribution in [-0.4, -0.2) is 46.8 Å². The molecule has 1 rings (SSSR count). The highest BCUT2D eigenvalue weighted by Crippen LogP contribution is 2.26. The summed E-state index contributed by atoms with van der Waals surface area (Å²) in [6, 6.07) is 0. The monoisotopic (exact) mass is 474 g/mol. The lowest BCUT2D eigenvalue weighted by molar-refractivity contribution is 0.332. The minimum Gasteiger partial charge on any atom is -0.356 e. The second-order valence-corrected chi connectivity index (χ2v) is 8.32. The molecule has 0 radical (unpaired) electrons. The lowest BCUT2D eigenvalue weighted by Crippen LogP contribution is -2.39. The van der Waals surface area contributed by atoms with Crippen molar-refractivity contribution in [1.29, 1.82) is 0 Å². The summed E-state index contributed by atoms with van der Waals surface area (Å²) in [6.07, 6.45) is 10.3. The molecule has 3 N–H and O–H groups in total. The summed E-state index contributed by atoms with van der Waals surface area (Å²) in [5.74, 6) is 1.85. The first-order chi connectivity index (χ1) is 11.1. The summed E-state index contributed by atoms with van der Waals surface area (Å²) in [5.41, 5.74) is 0. The number of sulfonamides is 1. The van der Waals surface area contributed by atoms with Crippen LogP contribution < -0.4 is 15.4 Å². The largest absolute Gasteiger partial charge is 0.356 e. The lowest BCUT2D eigenvalue weighted by Gasteiger charge is -2.21. The molecule has 0 spiro atoms. The fraction of sp³-hybridized carbons (Fsp3) is 0.938.